The van der Waals surface area contributed by atoms with Crippen molar-refractivity contribution in [2.24, 2.45) is 17.3 Å². The first kappa shape index (κ1) is 18.2. The summed E-state index contributed by atoms with van der Waals surface area (Å²) < 4.78 is 11.5. The van der Waals surface area contributed by atoms with Gasteiger partial charge in [0.25, 0.3) is 0 Å². The zero-order valence-corrected chi connectivity index (χ0v) is 16.8. The molecule has 1 aliphatic carbocycles. The minimum atomic E-state index is -0.0996. The highest BCUT2D eigenvalue weighted by atomic mass is 16.6. The molecule has 2 aromatic carbocycles. The Balaban J connectivity index is 1.45. The van der Waals surface area contributed by atoms with Crippen molar-refractivity contribution >= 4 is 5.97 Å². The molecule has 1 saturated heterocycles. The summed E-state index contributed by atoms with van der Waals surface area (Å²) >= 11 is 0. The summed E-state index contributed by atoms with van der Waals surface area (Å²) in [6, 6.07) is 16.5. The number of carbonyl (C=O) groups excluding carboxylic acids is 1. The molecule has 0 spiro atoms. The lowest BCUT2D eigenvalue weighted by Gasteiger charge is -2.12. The smallest absolute Gasteiger partial charge is 0.310 e. The van der Waals surface area contributed by atoms with Crippen LogP contribution in [0.15, 0.2) is 48.5 Å². The van der Waals surface area contributed by atoms with Crippen LogP contribution in [0.4, 0.5) is 0 Å². The Morgan fingerprint density at radius 3 is 2.33 bits per heavy atom. The minimum absolute atomic E-state index is 0.0452. The summed E-state index contributed by atoms with van der Waals surface area (Å²) in [4.78, 5) is 12.7. The third-order valence-corrected chi connectivity index (χ3v) is 6.45. The van der Waals surface area contributed by atoms with Crippen LogP contribution in [0.2, 0.25) is 0 Å². The Bertz CT molecular complexity index is 866. The molecule has 1 saturated carbocycles. The number of esters is 1. The molecular weight excluding hydrogens is 336 g/mol. The fourth-order valence-corrected chi connectivity index (χ4v) is 4.50. The fraction of sp³-hybridized carbons (Fsp3) is 0.458. The second-order valence-electron chi connectivity index (χ2n) is 9.03. The number of hydrogen-bond donors (Lipinski definition) is 0. The van der Waals surface area contributed by atoms with Crippen molar-refractivity contribution in [1.29, 1.82) is 0 Å². The van der Waals surface area contributed by atoms with Gasteiger partial charge in [-0.05, 0) is 48.4 Å². The van der Waals surface area contributed by atoms with E-state index in [2.05, 4.69) is 52.8 Å². The Morgan fingerprint density at radius 1 is 1.04 bits per heavy atom. The van der Waals surface area contributed by atoms with Crippen molar-refractivity contribution in [3.05, 3.63) is 59.7 Å². The van der Waals surface area contributed by atoms with Gasteiger partial charge in [0, 0.05) is 5.92 Å². The number of epoxide rings is 1. The van der Waals surface area contributed by atoms with Gasteiger partial charge in [0.15, 0.2) is 0 Å². The predicted octanol–water partition coefficient (Wildman–Crippen LogP) is 5.15. The topological polar surface area (TPSA) is 38.8 Å². The Hall–Kier alpha value is -2.13. The normalized spacial score (nSPS) is 27.1. The van der Waals surface area contributed by atoms with Crippen LogP contribution in [0.1, 0.15) is 38.8 Å². The molecule has 0 radical (unpaired) electrons. The first-order chi connectivity index (χ1) is 12.7. The van der Waals surface area contributed by atoms with Crippen molar-refractivity contribution in [1.82, 2.24) is 0 Å². The summed E-state index contributed by atoms with van der Waals surface area (Å²) in [5, 5.41) is 0. The first-order valence-electron chi connectivity index (χ1n) is 9.72. The van der Waals surface area contributed by atoms with Gasteiger partial charge in [-0.25, -0.2) is 0 Å². The third kappa shape index (κ3) is 3.19. The van der Waals surface area contributed by atoms with E-state index in [1.165, 1.54) is 11.1 Å². The molecule has 1 unspecified atom stereocenters. The van der Waals surface area contributed by atoms with Crippen LogP contribution >= 0.6 is 0 Å². The van der Waals surface area contributed by atoms with Gasteiger partial charge in [-0.2, -0.15) is 0 Å². The SMILES string of the molecule is Cc1c(COC(=O)[C@@H]2[C@H](C3OC3(C)C)C2(C)C)cccc1-c1ccccc1. The minimum Gasteiger partial charge on any atom is -0.461 e. The van der Waals surface area contributed by atoms with Crippen LogP contribution in [0.25, 0.3) is 11.1 Å². The molecular formula is C24H28O3. The second kappa shape index (κ2) is 6.20. The van der Waals surface area contributed by atoms with Crippen molar-refractivity contribution < 1.29 is 14.3 Å². The summed E-state index contributed by atoms with van der Waals surface area (Å²) in [6.45, 7) is 10.9. The molecule has 27 heavy (non-hydrogen) atoms. The predicted molar refractivity (Wildman–Crippen MR) is 106 cm³/mol. The molecule has 2 aromatic rings. The Morgan fingerprint density at radius 2 is 1.70 bits per heavy atom. The van der Waals surface area contributed by atoms with Crippen molar-refractivity contribution in [3.8, 4) is 11.1 Å². The van der Waals surface area contributed by atoms with E-state index in [0.717, 1.165) is 11.1 Å². The van der Waals surface area contributed by atoms with E-state index in [-0.39, 0.29) is 34.9 Å². The Kier molecular flexibility index (Phi) is 4.19. The molecule has 1 aliphatic heterocycles. The first-order valence-corrected chi connectivity index (χ1v) is 9.72. The average molecular weight is 364 g/mol. The molecule has 4 rings (SSSR count). The highest BCUT2D eigenvalue weighted by molar-refractivity contribution is 5.78. The van der Waals surface area contributed by atoms with Gasteiger partial charge in [0.05, 0.1) is 17.6 Å². The highest BCUT2D eigenvalue weighted by Gasteiger charge is 2.73. The van der Waals surface area contributed by atoms with E-state index in [4.69, 9.17) is 9.47 Å². The van der Waals surface area contributed by atoms with Crippen LogP contribution in [-0.2, 0) is 20.9 Å². The molecule has 3 heteroatoms. The summed E-state index contributed by atoms with van der Waals surface area (Å²) in [5.74, 6) is 0.0967. The second-order valence-corrected chi connectivity index (χ2v) is 9.03. The highest BCUT2D eigenvalue weighted by Crippen LogP contribution is 2.66. The van der Waals surface area contributed by atoms with Gasteiger partial charge in [0.1, 0.15) is 6.61 Å². The number of carbonyl (C=O) groups is 1. The molecule has 0 amide bonds. The van der Waals surface area contributed by atoms with Gasteiger partial charge in [-0.15, -0.1) is 0 Å². The molecule has 0 aromatic heterocycles. The summed E-state index contributed by atoms with van der Waals surface area (Å²) in [7, 11) is 0. The molecule has 0 bridgehead atoms. The standard InChI is InChI=1S/C24H28O3/c1-15-17(12-9-13-18(15)16-10-7-6-8-11-16)14-26-22(25)20-19(23(20,2)3)21-24(4,5)27-21/h6-13,19-21H,14H2,1-5H3/t19-,20+,21?/m1/s1. The van der Waals surface area contributed by atoms with Crippen molar-refractivity contribution in [3.63, 3.8) is 0 Å². The number of benzene rings is 2. The molecule has 3 atom stereocenters. The van der Waals surface area contributed by atoms with Crippen LogP contribution in [0.3, 0.4) is 0 Å². The molecule has 2 aliphatic rings. The summed E-state index contributed by atoms with van der Waals surface area (Å²) in [5.41, 5.74) is 4.44. The lowest BCUT2D eigenvalue weighted by molar-refractivity contribution is -0.147. The van der Waals surface area contributed by atoms with Gasteiger partial charge in [-0.1, -0.05) is 62.4 Å². The number of ether oxygens (including phenoxy) is 2. The van der Waals surface area contributed by atoms with E-state index in [9.17, 15) is 4.79 Å². The summed E-state index contributed by atoms with van der Waals surface area (Å²) in [6.07, 6.45) is 0.174. The monoisotopic (exact) mass is 364 g/mol. The van der Waals surface area contributed by atoms with Crippen molar-refractivity contribution in [2.75, 3.05) is 0 Å². The maximum atomic E-state index is 12.7. The molecule has 142 valence electrons. The van der Waals surface area contributed by atoms with E-state index in [0.29, 0.717) is 6.61 Å². The molecule has 0 N–H and O–H groups in total. The van der Waals surface area contributed by atoms with E-state index in [1.54, 1.807) is 0 Å². The maximum absolute atomic E-state index is 12.7. The quantitative estimate of drug-likeness (QED) is 0.544. The van der Waals surface area contributed by atoms with Gasteiger partial charge < -0.3 is 9.47 Å². The van der Waals surface area contributed by atoms with Crippen LogP contribution < -0.4 is 0 Å². The lowest BCUT2D eigenvalue weighted by Crippen LogP contribution is -2.13. The zero-order chi connectivity index (χ0) is 19.4. The van der Waals surface area contributed by atoms with Gasteiger partial charge >= 0.3 is 5.97 Å². The molecule has 2 fully saturated rings. The molecule has 3 nitrogen and oxygen atoms in total. The Labute approximate surface area is 161 Å². The average Bonchev–Trinajstić information content (AvgIpc) is 3.44. The fourth-order valence-electron chi connectivity index (χ4n) is 4.50. The van der Waals surface area contributed by atoms with E-state index < -0.39 is 0 Å². The van der Waals surface area contributed by atoms with E-state index >= 15 is 0 Å². The van der Waals surface area contributed by atoms with Gasteiger partial charge in [0.2, 0.25) is 0 Å². The maximum Gasteiger partial charge on any atom is 0.310 e. The number of rotatable bonds is 5. The van der Waals surface area contributed by atoms with Gasteiger partial charge in [-0.3, -0.25) is 4.79 Å². The number of hydrogen-bond acceptors (Lipinski definition) is 3. The van der Waals surface area contributed by atoms with E-state index in [1.807, 2.05) is 30.3 Å². The molecule has 1 heterocycles. The van der Waals surface area contributed by atoms with Crippen LogP contribution in [0.5, 0.6) is 0 Å². The van der Waals surface area contributed by atoms with Crippen molar-refractivity contribution in [2.45, 2.75) is 52.9 Å². The van der Waals surface area contributed by atoms with Crippen LogP contribution in [-0.4, -0.2) is 17.7 Å². The largest absolute Gasteiger partial charge is 0.461 e. The zero-order valence-electron chi connectivity index (χ0n) is 16.8. The van der Waals surface area contributed by atoms with Crippen LogP contribution in [0, 0.1) is 24.2 Å². The third-order valence-electron chi connectivity index (χ3n) is 6.45. The lowest BCUT2D eigenvalue weighted by atomic mass is 9.97.